The molecule has 2 aromatic rings. The van der Waals surface area contributed by atoms with Gasteiger partial charge in [0.15, 0.2) is 5.69 Å². The maximum Gasteiger partial charge on any atom is 0.434 e. The van der Waals surface area contributed by atoms with Crippen LogP contribution in [-0.4, -0.2) is 16.7 Å². The smallest absolute Gasteiger partial charge is 0.377 e. The van der Waals surface area contributed by atoms with Crippen LogP contribution in [0, 0.1) is 0 Å². The van der Waals surface area contributed by atoms with Gasteiger partial charge in [0.2, 0.25) is 0 Å². The molecular weight excluding hydrogens is 293 g/mol. The third-order valence-corrected chi connectivity index (χ3v) is 3.57. The van der Waals surface area contributed by atoms with E-state index in [0.717, 1.165) is 11.8 Å². The molecule has 0 aliphatic heterocycles. The number of ether oxygens (including phenoxy) is 1. The summed E-state index contributed by atoms with van der Waals surface area (Å²) in [6, 6.07) is 7.11. The van der Waals surface area contributed by atoms with Crippen molar-refractivity contribution in [2.45, 2.75) is 39.1 Å². The monoisotopic (exact) mass is 312 g/mol. The zero-order valence-corrected chi connectivity index (χ0v) is 13.0. The van der Waals surface area contributed by atoms with Crippen LogP contribution >= 0.6 is 0 Å². The van der Waals surface area contributed by atoms with Crippen molar-refractivity contribution in [3.05, 3.63) is 41.7 Å². The Kier molecular flexibility index (Phi) is 4.60. The van der Waals surface area contributed by atoms with Crippen LogP contribution in [-0.2, 0) is 10.9 Å². The van der Waals surface area contributed by atoms with Crippen LogP contribution in [0.4, 0.5) is 13.2 Å². The molecule has 0 radical (unpaired) electrons. The average Bonchev–Trinajstić information content (AvgIpc) is 2.92. The number of alkyl halides is 3. The molecule has 6 heteroatoms. The van der Waals surface area contributed by atoms with Crippen molar-refractivity contribution in [3.8, 4) is 11.4 Å². The summed E-state index contributed by atoms with van der Waals surface area (Å²) >= 11 is 0. The van der Waals surface area contributed by atoms with Crippen molar-refractivity contribution < 1.29 is 17.9 Å². The largest absolute Gasteiger partial charge is 0.434 e. The van der Waals surface area contributed by atoms with E-state index in [0.29, 0.717) is 11.4 Å². The Morgan fingerprint density at radius 2 is 1.68 bits per heavy atom. The molecule has 1 aromatic heterocycles. The van der Waals surface area contributed by atoms with Gasteiger partial charge in [0.05, 0.1) is 6.10 Å². The molecule has 2 rings (SSSR count). The van der Waals surface area contributed by atoms with Crippen LogP contribution in [0.15, 0.2) is 30.5 Å². The van der Waals surface area contributed by atoms with Crippen molar-refractivity contribution in [1.29, 1.82) is 0 Å². The molecule has 0 fully saturated rings. The second kappa shape index (κ2) is 6.12. The Labute approximate surface area is 127 Å². The van der Waals surface area contributed by atoms with Gasteiger partial charge < -0.3 is 9.30 Å². The maximum absolute atomic E-state index is 12.9. The Balaban J connectivity index is 2.45. The van der Waals surface area contributed by atoms with Crippen molar-refractivity contribution >= 4 is 0 Å². The lowest BCUT2D eigenvalue weighted by Gasteiger charge is -2.13. The molecule has 1 atom stereocenters. The van der Waals surface area contributed by atoms with E-state index in [4.69, 9.17) is 4.74 Å². The van der Waals surface area contributed by atoms with Crippen molar-refractivity contribution in [3.63, 3.8) is 0 Å². The number of aromatic nitrogens is 2. The number of imidazole rings is 1. The van der Waals surface area contributed by atoms with Crippen molar-refractivity contribution in [1.82, 2.24) is 9.55 Å². The average molecular weight is 312 g/mol. The number of hydrogen-bond donors (Lipinski definition) is 0. The highest BCUT2D eigenvalue weighted by Gasteiger charge is 2.35. The summed E-state index contributed by atoms with van der Waals surface area (Å²) in [6.45, 7) is 5.56. The molecular formula is C16H19F3N2O. The molecule has 0 aliphatic carbocycles. The standard InChI is InChI=1S/C16H19F3N2O/c1-10(2)21-9-14(16(17,18)19)20-15(21)13-7-5-12(6-8-13)11(3)22-4/h5-11H,1-4H3. The van der Waals surface area contributed by atoms with Gasteiger partial charge in [0.1, 0.15) is 5.82 Å². The van der Waals surface area contributed by atoms with E-state index in [-0.39, 0.29) is 12.1 Å². The number of benzene rings is 1. The first-order valence-electron chi connectivity index (χ1n) is 7.03. The predicted octanol–water partition coefficient (Wildman–Crippen LogP) is 4.86. The van der Waals surface area contributed by atoms with E-state index in [1.165, 1.54) is 4.57 Å². The third kappa shape index (κ3) is 3.32. The van der Waals surface area contributed by atoms with Crippen molar-refractivity contribution in [2.24, 2.45) is 0 Å². The summed E-state index contributed by atoms with van der Waals surface area (Å²) in [5.41, 5.74) is 0.742. The molecule has 0 amide bonds. The zero-order chi connectivity index (χ0) is 16.5. The molecule has 120 valence electrons. The van der Waals surface area contributed by atoms with Gasteiger partial charge >= 0.3 is 6.18 Å². The summed E-state index contributed by atoms with van der Waals surface area (Å²) in [5, 5.41) is 0. The predicted molar refractivity (Wildman–Crippen MR) is 78.5 cm³/mol. The minimum absolute atomic E-state index is 0.0652. The second-order valence-corrected chi connectivity index (χ2v) is 5.45. The molecule has 0 N–H and O–H groups in total. The van der Waals surface area contributed by atoms with E-state index in [9.17, 15) is 13.2 Å². The molecule has 0 spiro atoms. The summed E-state index contributed by atoms with van der Waals surface area (Å²) in [5.74, 6) is 0.318. The quantitative estimate of drug-likeness (QED) is 0.806. The first kappa shape index (κ1) is 16.5. The van der Waals surface area contributed by atoms with Gasteiger partial charge in [-0.15, -0.1) is 0 Å². The van der Waals surface area contributed by atoms with E-state index in [1.54, 1.807) is 19.2 Å². The first-order chi connectivity index (χ1) is 10.2. The minimum Gasteiger partial charge on any atom is -0.377 e. The molecule has 0 saturated heterocycles. The van der Waals surface area contributed by atoms with E-state index in [2.05, 4.69) is 4.98 Å². The number of rotatable bonds is 4. The van der Waals surface area contributed by atoms with Gasteiger partial charge in [-0.25, -0.2) is 4.98 Å². The Morgan fingerprint density at radius 3 is 2.14 bits per heavy atom. The normalized spacial score (nSPS) is 13.6. The van der Waals surface area contributed by atoms with Gasteiger partial charge in [-0.05, 0) is 26.3 Å². The fourth-order valence-electron chi connectivity index (χ4n) is 2.18. The molecule has 0 bridgehead atoms. The topological polar surface area (TPSA) is 27.1 Å². The highest BCUT2D eigenvalue weighted by atomic mass is 19.4. The van der Waals surface area contributed by atoms with E-state index >= 15 is 0 Å². The Bertz CT molecular complexity index is 630. The Morgan fingerprint density at radius 1 is 1.09 bits per heavy atom. The molecule has 0 aliphatic rings. The maximum atomic E-state index is 12.9. The summed E-state index contributed by atoms with van der Waals surface area (Å²) in [7, 11) is 1.61. The van der Waals surface area contributed by atoms with Gasteiger partial charge in [-0.2, -0.15) is 13.2 Å². The van der Waals surface area contributed by atoms with Gasteiger partial charge in [0, 0.05) is 24.9 Å². The third-order valence-electron chi connectivity index (χ3n) is 3.57. The number of halogens is 3. The van der Waals surface area contributed by atoms with Crippen LogP contribution in [0.5, 0.6) is 0 Å². The highest BCUT2D eigenvalue weighted by molar-refractivity contribution is 5.57. The lowest BCUT2D eigenvalue weighted by molar-refractivity contribution is -0.140. The number of hydrogen-bond acceptors (Lipinski definition) is 2. The van der Waals surface area contributed by atoms with E-state index < -0.39 is 11.9 Å². The number of nitrogens with zero attached hydrogens (tertiary/aromatic N) is 2. The zero-order valence-electron chi connectivity index (χ0n) is 13.0. The first-order valence-corrected chi connectivity index (χ1v) is 7.03. The minimum atomic E-state index is -4.45. The molecule has 1 aromatic carbocycles. The van der Waals surface area contributed by atoms with Crippen LogP contribution in [0.3, 0.4) is 0 Å². The fourth-order valence-corrected chi connectivity index (χ4v) is 2.18. The van der Waals surface area contributed by atoms with E-state index in [1.807, 2.05) is 32.9 Å². The second-order valence-electron chi connectivity index (χ2n) is 5.45. The summed E-state index contributed by atoms with van der Waals surface area (Å²) in [4.78, 5) is 3.77. The molecule has 1 unspecified atom stereocenters. The van der Waals surface area contributed by atoms with Crippen LogP contribution in [0.2, 0.25) is 0 Å². The van der Waals surface area contributed by atoms with Gasteiger partial charge in [-0.3, -0.25) is 0 Å². The lowest BCUT2D eigenvalue weighted by Crippen LogP contribution is -2.05. The summed E-state index contributed by atoms with van der Waals surface area (Å²) < 4.78 is 45.4. The SMILES string of the molecule is COC(C)c1ccc(-c2nc(C(F)(F)F)cn2C(C)C)cc1. The Hall–Kier alpha value is -1.82. The van der Waals surface area contributed by atoms with Gasteiger partial charge in [0.25, 0.3) is 0 Å². The molecule has 1 heterocycles. The lowest BCUT2D eigenvalue weighted by atomic mass is 10.1. The number of methoxy groups -OCH3 is 1. The molecule has 3 nitrogen and oxygen atoms in total. The fraction of sp³-hybridized carbons (Fsp3) is 0.438. The van der Waals surface area contributed by atoms with Crippen LogP contribution < -0.4 is 0 Å². The molecule has 22 heavy (non-hydrogen) atoms. The van der Waals surface area contributed by atoms with Crippen LogP contribution in [0.1, 0.15) is 44.2 Å². The molecule has 0 saturated carbocycles. The van der Waals surface area contributed by atoms with Crippen molar-refractivity contribution in [2.75, 3.05) is 7.11 Å². The summed E-state index contributed by atoms with van der Waals surface area (Å²) in [6.07, 6.45) is -3.45. The van der Waals surface area contributed by atoms with Crippen LogP contribution in [0.25, 0.3) is 11.4 Å². The van der Waals surface area contributed by atoms with Gasteiger partial charge in [-0.1, -0.05) is 24.3 Å². The highest BCUT2D eigenvalue weighted by Crippen LogP contribution is 2.32.